The average molecular weight is 492 g/mol. The Hall–Kier alpha value is -3.33. The molecule has 0 aliphatic carbocycles. The van der Waals surface area contributed by atoms with Crippen LogP contribution < -0.4 is 0 Å². The van der Waals surface area contributed by atoms with Gasteiger partial charge in [0.15, 0.2) is 0 Å². The molecule has 35 heavy (non-hydrogen) atoms. The third-order valence-electron chi connectivity index (χ3n) is 5.50. The Kier molecular flexibility index (Phi) is 8.78. The SMILES string of the molecule is [N-]=[N+]=N[C@@H]1[C@@H](OCc2ccccc2)[C@H](O)[C@@H](COC(=O)c2ccccc2)O[C@H]1Sc1ccccc1. The Labute approximate surface area is 207 Å². The maximum atomic E-state index is 12.5. The Bertz CT molecular complexity index is 1130. The molecular weight excluding hydrogens is 466 g/mol. The van der Waals surface area contributed by atoms with E-state index in [-0.39, 0.29) is 13.2 Å². The van der Waals surface area contributed by atoms with E-state index in [1.54, 1.807) is 30.3 Å². The molecule has 0 radical (unpaired) electrons. The van der Waals surface area contributed by atoms with Crippen LogP contribution in [0.1, 0.15) is 15.9 Å². The third kappa shape index (κ3) is 6.63. The van der Waals surface area contributed by atoms with E-state index >= 15 is 0 Å². The number of hydrogen-bond donors (Lipinski definition) is 1. The topological polar surface area (TPSA) is 114 Å². The summed E-state index contributed by atoms with van der Waals surface area (Å²) in [4.78, 5) is 16.3. The fraction of sp³-hybridized carbons (Fsp3) is 0.269. The molecule has 8 nitrogen and oxygen atoms in total. The minimum Gasteiger partial charge on any atom is -0.459 e. The second kappa shape index (κ2) is 12.4. The first kappa shape index (κ1) is 24.8. The summed E-state index contributed by atoms with van der Waals surface area (Å²) < 4.78 is 17.7. The Morgan fingerprint density at radius 2 is 1.63 bits per heavy atom. The molecule has 3 aromatic carbocycles. The number of ether oxygens (including phenoxy) is 3. The Balaban J connectivity index is 1.54. The number of aliphatic hydroxyl groups is 1. The van der Waals surface area contributed by atoms with Gasteiger partial charge in [0, 0.05) is 9.81 Å². The first-order valence-electron chi connectivity index (χ1n) is 11.1. The molecule has 1 aliphatic rings. The molecule has 3 aromatic rings. The van der Waals surface area contributed by atoms with Crippen molar-refractivity contribution >= 4 is 17.7 Å². The lowest BCUT2D eigenvalue weighted by molar-refractivity contribution is -0.185. The van der Waals surface area contributed by atoms with Gasteiger partial charge in [-0.25, -0.2) is 4.79 Å². The van der Waals surface area contributed by atoms with Crippen LogP contribution in [-0.4, -0.2) is 47.5 Å². The van der Waals surface area contributed by atoms with Crippen LogP contribution in [0, 0.1) is 0 Å². The molecule has 180 valence electrons. The van der Waals surface area contributed by atoms with Crippen molar-refractivity contribution in [3.8, 4) is 0 Å². The summed E-state index contributed by atoms with van der Waals surface area (Å²) in [5.74, 6) is -0.521. The highest BCUT2D eigenvalue weighted by Crippen LogP contribution is 2.36. The number of rotatable bonds is 9. The van der Waals surface area contributed by atoms with Gasteiger partial charge in [-0.2, -0.15) is 0 Å². The summed E-state index contributed by atoms with van der Waals surface area (Å²) in [6, 6.07) is 26.8. The van der Waals surface area contributed by atoms with Gasteiger partial charge in [-0.3, -0.25) is 0 Å². The van der Waals surface area contributed by atoms with Crippen molar-refractivity contribution in [1.82, 2.24) is 0 Å². The van der Waals surface area contributed by atoms with Gasteiger partial charge in [-0.1, -0.05) is 83.6 Å². The largest absolute Gasteiger partial charge is 0.459 e. The molecule has 0 amide bonds. The zero-order valence-electron chi connectivity index (χ0n) is 18.8. The zero-order chi connectivity index (χ0) is 24.5. The fourth-order valence-electron chi connectivity index (χ4n) is 3.73. The average Bonchev–Trinajstić information content (AvgIpc) is 2.90. The molecule has 4 rings (SSSR count). The second-order valence-electron chi connectivity index (χ2n) is 7.89. The third-order valence-corrected chi connectivity index (χ3v) is 6.66. The van der Waals surface area contributed by atoms with Crippen LogP contribution in [0.3, 0.4) is 0 Å². The Morgan fingerprint density at radius 1 is 1.00 bits per heavy atom. The molecule has 1 saturated heterocycles. The second-order valence-corrected chi connectivity index (χ2v) is 9.06. The number of nitrogens with zero attached hydrogens (tertiary/aromatic N) is 3. The molecule has 0 aromatic heterocycles. The van der Waals surface area contributed by atoms with Crippen LogP contribution in [0.4, 0.5) is 0 Å². The highest BCUT2D eigenvalue weighted by atomic mass is 32.2. The fourth-order valence-corrected chi connectivity index (χ4v) is 4.86. The van der Waals surface area contributed by atoms with E-state index in [1.807, 2.05) is 60.7 Å². The lowest BCUT2D eigenvalue weighted by Gasteiger charge is -2.42. The number of carbonyl (C=O) groups is 1. The van der Waals surface area contributed by atoms with Crippen molar-refractivity contribution in [2.45, 2.75) is 41.3 Å². The van der Waals surface area contributed by atoms with Crippen molar-refractivity contribution in [3.05, 3.63) is 113 Å². The number of azide groups is 1. The van der Waals surface area contributed by atoms with Crippen molar-refractivity contribution in [3.63, 3.8) is 0 Å². The molecule has 0 bridgehead atoms. The first-order chi connectivity index (χ1) is 17.2. The molecule has 1 aliphatic heterocycles. The van der Waals surface area contributed by atoms with E-state index in [2.05, 4.69) is 10.0 Å². The summed E-state index contributed by atoms with van der Waals surface area (Å²) in [7, 11) is 0. The predicted octanol–water partition coefficient (Wildman–Crippen LogP) is 4.99. The van der Waals surface area contributed by atoms with Gasteiger partial charge < -0.3 is 19.3 Å². The summed E-state index contributed by atoms with van der Waals surface area (Å²) in [5.41, 5.74) is 9.89. The molecule has 1 fully saturated rings. The van der Waals surface area contributed by atoms with Crippen LogP contribution in [0.2, 0.25) is 0 Å². The van der Waals surface area contributed by atoms with Crippen molar-refractivity contribution < 1.29 is 24.1 Å². The molecule has 0 unspecified atom stereocenters. The molecule has 0 saturated carbocycles. The monoisotopic (exact) mass is 491 g/mol. The number of carbonyl (C=O) groups excluding carboxylic acids is 1. The molecule has 0 spiro atoms. The Morgan fingerprint density at radius 3 is 2.29 bits per heavy atom. The van der Waals surface area contributed by atoms with Crippen molar-refractivity contribution in [2.24, 2.45) is 5.11 Å². The highest BCUT2D eigenvalue weighted by molar-refractivity contribution is 7.99. The highest BCUT2D eigenvalue weighted by Gasteiger charge is 2.46. The lowest BCUT2D eigenvalue weighted by atomic mass is 9.98. The van der Waals surface area contributed by atoms with Gasteiger partial charge >= 0.3 is 5.97 Å². The summed E-state index contributed by atoms with van der Waals surface area (Å²) >= 11 is 1.36. The van der Waals surface area contributed by atoms with E-state index in [0.717, 1.165) is 10.5 Å². The van der Waals surface area contributed by atoms with E-state index < -0.39 is 35.8 Å². The number of hydrogen-bond acceptors (Lipinski definition) is 7. The smallest absolute Gasteiger partial charge is 0.338 e. The van der Waals surface area contributed by atoms with Gasteiger partial charge in [-0.05, 0) is 35.4 Å². The summed E-state index contributed by atoms with van der Waals surface area (Å²) in [5, 5.41) is 15.1. The summed E-state index contributed by atoms with van der Waals surface area (Å²) in [6.45, 7) is 0.0220. The van der Waals surface area contributed by atoms with Crippen molar-refractivity contribution in [1.29, 1.82) is 0 Å². The lowest BCUT2D eigenvalue weighted by Crippen LogP contribution is -2.58. The number of thioether (sulfide) groups is 1. The van der Waals surface area contributed by atoms with E-state index in [9.17, 15) is 15.4 Å². The van der Waals surface area contributed by atoms with E-state index in [0.29, 0.717) is 5.56 Å². The maximum Gasteiger partial charge on any atom is 0.338 e. The van der Waals surface area contributed by atoms with Crippen LogP contribution >= 0.6 is 11.8 Å². The van der Waals surface area contributed by atoms with Gasteiger partial charge in [0.05, 0.1) is 18.3 Å². The number of benzene rings is 3. The normalized spacial score (nSPS) is 23.7. The standard InChI is InChI=1S/C26H25N3O5S/c27-29-28-22-24(32-16-18-10-4-1-5-11-18)23(30)21(17-33-25(31)19-12-6-2-7-13-19)34-26(22)35-20-14-8-3-9-15-20/h1-15,21-24,26,30H,16-17H2/t21-,22-,23-,24-,26+/m1/s1. The van der Waals surface area contributed by atoms with Gasteiger partial charge in [0.25, 0.3) is 0 Å². The predicted molar refractivity (Wildman–Crippen MR) is 132 cm³/mol. The van der Waals surface area contributed by atoms with E-state index in [4.69, 9.17) is 14.2 Å². The van der Waals surface area contributed by atoms with Gasteiger partial charge in [0.1, 0.15) is 30.3 Å². The quantitative estimate of drug-likeness (QED) is 0.195. The number of esters is 1. The summed E-state index contributed by atoms with van der Waals surface area (Å²) in [6.07, 6.45) is -2.94. The molecular formula is C26H25N3O5S. The molecule has 9 heteroatoms. The van der Waals surface area contributed by atoms with Crippen LogP contribution in [-0.2, 0) is 20.8 Å². The minimum absolute atomic E-state index is 0.186. The van der Waals surface area contributed by atoms with Gasteiger partial charge in [0.2, 0.25) is 0 Å². The van der Waals surface area contributed by atoms with Crippen LogP contribution in [0.5, 0.6) is 0 Å². The zero-order valence-corrected chi connectivity index (χ0v) is 19.6. The van der Waals surface area contributed by atoms with E-state index in [1.165, 1.54) is 11.8 Å². The van der Waals surface area contributed by atoms with Gasteiger partial charge in [-0.15, -0.1) is 0 Å². The number of aliphatic hydroxyl groups excluding tert-OH is 1. The van der Waals surface area contributed by atoms with Crippen molar-refractivity contribution in [2.75, 3.05) is 6.61 Å². The molecule has 5 atom stereocenters. The van der Waals surface area contributed by atoms with Crippen LogP contribution in [0.25, 0.3) is 10.4 Å². The maximum absolute atomic E-state index is 12.5. The first-order valence-corrected chi connectivity index (χ1v) is 12.0. The minimum atomic E-state index is -1.19. The molecule has 1 N–H and O–H groups in total. The molecule has 1 heterocycles. The van der Waals surface area contributed by atoms with Crippen LogP contribution in [0.15, 0.2) is 101 Å².